The van der Waals surface area contributed by atoms with Gasteiger partial charge in [0.15, 0.2) is 0 Å². The second kappa shape index (κ2) is 11.5. The number of nitrogens with zero attached hydrogens (tertiary/aromatic N) is 2. The first kappa shape index (κ1) is 22.9. The number of halogens is 3. The molecule has 1 aromatic carbocycles. The van der Waals surface area contributed by atoms with Crippen LogP contribution in [0.15, 0.2) is 24.3 Å². The van der Waals surface area contributed by atoms with Crippen LogP contribution in [0.2, 0.25) is 5.02 Å². The molecule has 0 aromatic heterocycles. The molecule has 0 radical (unpaired) electrons. The number of carbonyl (C=O) groups excluding carboxylic acids is 1. The molecule has 2 fully saturated rings. The van der Waals surface area contributed by atoms with E-state index in [-0.39, 0.29) is 24.8 Å². The van der Waals surface area contributed by atoms with Crippen molar-refractivity contribution in [3.05, 3.63) is 34.9 Å². The Hall–Kier alpha value is -0.170. The van der Waals surface area contributed by atoms with Gasteiger partial charge in [0, 0.05) is 68.3 Å². The molecular weight excluding hydrogens is 401 g/mol. The first-order chi connectivity index (χ1) is 11.2. The van der Waals surface area contributed by atoms with Gasteiger partial charge in [0.1, 0.15) is 0 Å². The van der Waals surface area contributed by atoms with Crippen molar-refractivity contribution in [3.63, 3.8) is 0 Å². The van der Waals surface area contributed by atoms with Crippen molar-refractivity contribution in [3.8, 4) is 0 Å². The lowest BCUT2D eigenvalue weighted by Gasteiger charge is -2.35. The van der Waals surface area contributed by atoms with Gasteiger partial charge in [0.05, 0.1) is 0 Å². The fraction of sp³-hybridized carbons (Fsp3) is 0.588. The molecule has 1 amide bonds. The average molecular weight is 427 g/mol. The lowest BCUT2D eigenvalue weighted by atomic mass is 10.1. The molecule has 0 aliphatic carbocycles. The van der Waals surface area contributed by atoms with Crippen LogP contribution in [0.5, 0.6) is 0 Å². The zero-order chi connectivity index (χ0) is 16.1. The Morgan fingerprint density at radius 3 is 2.64 bits per heavy atom. The Bertz CT molecular complexity index is 536. The van der Waals surface area contributed by atoms with Gasteiger partial charge in [-0.05, 0) is 17.7 Å². The van der Waals surface area contributed by atoms with E-state index in [1.54, 1.807) is 0 Å². The maximum absolute atomic E-state index is 12.4. The molecule has 8 heteroatoms. The van der Waals surface area contributed by atoms with Gasteiger partial charge in [0.25, 0.3) is 0 Å². The molecule has 3 rings (SSSR count). The van der Waals surface area contributed by atoms with Crippen LogP contribution in [-0.4, -0.2) is 66.0 Å². The maximum atomic E-state index is 12.4. The molecular formula is C17H26Cl3N3OS. The van der Waals surface area contributed by atoms with E-state index in [2.05, 4.69) is 16.3 Å². The number of rotatable bonds is 4. The third-order valence-corrected chi connectivity index (χ3v) is 5.81. The number of hydrogen-bond donors (Lipinski definition) is 1. The minimum Gasteiger partial charge on any atom is -0.340 e. The quantitative estimate of drug-likeness (QED) is 0.803. The van der Waals surface area contributed by atoms with Crippen LogP contribution in [0.25, 0.3) is 0 Å². The number of carbonyl (C=O) groups is 1. The highest BCUT2D eigenvalue weighted by molar-refractivity contribution is 7.99. The van der Waals surface area contributed by atoms with Crippen molar-refractivity contribution in [2.45, 2.75) is 19.0 Å². The molecule has 2 aliphatic heterocycles. The van der Waals surface area contributed by atoms with Gasteiger partial charge in [-0.1, -0.05) is 23.7 Å². The Kier molecular flexibility index (Phi) is 10.5. The summed E-state index contributed by atoms with van der Waals surface area (Å²) in [5.74, 6) is 2.51. The van der Waals surface area contributed by atoms with Gasteiger partial charge >= 0.3 is 0 Å². The maximum Gasteiger partial charge on any atom is 0.224 e. The third-order valence-electron chi connectivity index (χ3n) is 4.44. The Morgan fingerprint density at radius 1 is 1.24 bits per heavy atom. The van der Waals surface area contributed by atoms with E-state index in [1.807, 2.05) is 34.9 Å². The molecule has 0 bridgehead atoms. The molecule has 0 spiro atoms. The summed E-state index contributed by atoms with van der Waals surface area (Å²) in [4.78, 5) is 16.8. The molecule has 1 aromatic rings. The lowest BCUT2D eigenvalue weighted by Crippen LogP contribution is -2.50. The molecule has 4 nitrogen and oxygen atoms in total. The van der Waals surface area contributed by atoms with Gasteiger partial charge in [-0.25, -0.2) is 0 Å². The second-order valence-corrected chi connectivity index (χ2v) is 7.80. The van der Waals surface area contributed by atoms with Gasteiger partial charge in [-0.2, -0.15) is 11.8 Å². The van der Waals surface area contributed by atoms with Crippen LogP contribution >= 0.6 is 48.2 Å². The predicted octanol–water partition coefficient (Wildman–Crippen LogP) is 2.92. The predicted molar refractivity (Wildman–Crippen MR) is 112 cm³/mol. The minimum absolute atomic E-state index is 0. The Labute approximate surface area is 171 Å². The van der Waals surface area contributed by atoms with Crippen LogP contribution < -0.4 is 5.32 Å². The molecule has 2 aliphatic rings. The molecule has 1 N–H and O–H groups in total. The highest BCUT2D eigenvalue weighted by Crippen LogP contribution is 2.15. The van der Waals surface area contributed by atoms with Gasteiger partial charge < -0.3 is 10.2 Å². The van der Waals surface area contributed by atoms with E-state index in [9.17, 15) is 4.79 Å². The summed E-state index contributed by atoms with van der Waals surface area (Å²) in [6, 6.07) is 8.37. The molecule has 2 heterocycles. The topological polar surface area (TPSA) is 35.6 Å². The van der Waals surface area contributed by atoms with Crippen molar-refractivity contribution >= 4 is 54.1 Å². The summed E-state index contributed by atoms with van der Waals surface area (Å²) in [6.45, 7) is 5.47. The Balaban J connectivity index is 0.00000156. The molecule has 25 heavy (non-hydrogen) atoms. The van der Waals surface area contributed by atoms with Crippen molar-refractivity contribution in [1.29, 1.82) is 0 Å². The van der Waals surface area contributed by atoms with E-state index in [4.69, 9.17) is 11.6 Å². The van der Waals surface area contributed by atoms with Crippen molar-refractivity contribution in [2.24, 2.45) is 0 Å². The van der Waals surface area contributed by atoms with E-state index in [0.717, 1.165) is 55.8 Å². The van der Waals surface area contributed by atoms with Gasteiger partial charge in [-0.3, -0.25) is 9.69 Å². The fourth-order valence-electron chi connectivity index (χ4n) is 3.14. The molecule has 2 saturated heterocycles. The van der Waals surface area contributed by atoms with Crippen molar-refractivity contribution < 1.29 is 4.79 Å². The number of piperazine rings is 1. The smallest absolute Gasteiger partial charge is 0.224 e. The standard InChI is InChI=1S/C17H24ClN3OS.2ClH/c18-15-3-1-2-14(10-15)12-20-5-7-21(8-6-20)17(22)11-16-13-23-9-4-19-16;;/h1-3,10,16,19H,4-9,11-13H2;2*1H. The zero-order valence-corrected chi connectivity index (χ0v) is 17.4. The van der Waals surface area contributed by atoms with Crippen molar-refractivity contribution in [2.75, 3.05) is 44.2 Å². The van der Waals surface area contributed by atoms with Gasteiger partial charge in [-0.15, -0.1) is 24.8 Å². The second-order valence-electron chi connectivity index (χ2n) is 6.22. The van der Waals surface area contributed by atoms with E-state index in [1.165, 1.54) is 5.56 Å². The molecule has 0 saturated carbocycles. The third kappa shape index (κ3) is 7.16. The van der Waals surface area contributed by atoms with Crippen LogP contribution in [0.4, 0.5) is 0 Å². The van der Waals surface area contributed by atoms with E-state index < -0.39 is 0 Å². The highest BCUT2D eigenvalue weighted by Gasteiger charge is 2.24. The van der Waals surface area contributed by atoms with Crippen LogP contribution in [0.3, 0.4) is 0 Å². The number of hydrogen-bond acceptors (Lipinski definition) is 4. The first-order valence-electron chi connectivity index (χ1n) is 8.26. The number of nitrogens with one attached hydrogen (secondary N) is 1. The molecule has 142 valence electrons. The van der Waals surface area contributed by atoms with Crippen LogP contribution in [0, 0.1) is 0 Å². The van der Waals surface area contributed by atoms with Gasteiger partial charge in [0.2, 0.25) is 5.91 Å². The summed E-state index contributed by atoms with van der Waals surface area (Å²) < 4.78 is 0. The average Bonchev–Trinajstić information content (AvgIpc) is 2.56. The Morgan fingerprint density at radius 2 is 2.00 bits per heavy atom. The molecule has 1 unspecified atom stereocenters. The summed E-state index contributed by atoms with van der Waals surface area (Å²) in [5, 5.41) is 4.23. The summed E-state index contributed by atoms with van der Waals surface area (Å²) in [7, 11) is 0. The normalized spacial score (nSPS) is 21.2. The monoisotopic (exact) mass is 425 g/mol. The number of benzene rings is 1. The fourth-order valence-corrected chi connectivity index (χ4v) is 4.30. The highest BCUT2D eigenvalue weighted by atomic mass is 35.5. The first-order valence-corrected chi connectivity index (χ1v) is 9.80. The summed E-state index contributed by atoms with van der Waals surface area (Å²) >= 11 is 7.98. The zero-order valence-electron chi connectivity index (χ0n) is 14.2. The number of amides is 1. The number of thioether (sulfide) groups is 1. The van der Waals surface area contributed by atoms with E-state index >= 15 is 0 Å². The summed E-state index contributed by atoms with van der Waals surface area (Å²) in [5.41, 5.74) is 1.24. The van der Waals surface area contributed by atoms with Crippen LogP contribution in [-0.2, 0) is 11.3 Å². The minimum atomic E-state index is 0. The van der Waals surface area contributed by atoms with Crippen LogP contribution in [0.1, 0.15) is 12.0 Å². The largest absolute Gasteiger partial charge is 0.340 e. The summed E-state index contributed by atoms with van der Waals surface area (Å²) in [6.07, 6.45) is 0.640. The molecule has 1 atom stereocenters. The lowest BCUT2D eigenvalue weighted by molar-refractivity contribution is -0.133. The SMILES string of the molecule is Cl.Cl.O=C(CC1CSCCN1)N1CCN(Cc2cccc(Cl)c2)CC1. The van der Waals surface area contributed by atoms with E-state index in [0.29, 0.717) is 18.4 Å². The van der Waals surface area contributed by atoms with Crippen molar-refractivity contribution in [1.82, 2.24) is 15.1 Å².